The second-order valence-corrected chi connectivity index (χ2v) is 1.93. The molecule has 2 heteroatoms. The molecule has 0 atom stereocenters. The average Bonchev–Trinajstić information content (AvgIpc) is 1.64. The Hall–Kier alpha value is -0.790. The summed E-state index contributed by atoms with van der Waals surface area (Å²) in [6.45, 7) is 5.37. The topological polar surface area (TPSA) is 49.9 Å². The molecule has 0 aliphatic heterocycles. The lowest BCUT2D eigenvalue weighted by Crippen LogP contribution is -2.01. The Labute approximate surface area is 49.9 Å². The minimum Gasteiger partial charge on any atom is -0.402 e. The molecule has 0 aliphatic carbocycles. The fourth-order valence-electron chi connectivity index (χ4n) is 0.296. The van der Waals surface area contributed by atoms with Crippen molar-refractivity contribution >= 4 is 5.71 Å². The van der Waals surface area contributed by atoms with Crippen molar-refractivity contribution in [2.45, 2.75) is 20.8 Å². The first kappa shape index (κ1) is 7.21. The van der Waals surface area contributed by atoms with Crippen LogP contribution in [0, 0.1) is 5.41 Å². The minimum atomic E-state index is 0.546. The Morgan fingerprint density at radius 1 is 1.25 bits per heavy atom. The van der Waals surface area contributed by atoms with Crippen LogP contribution < -0.4 is 5.73 Å². The van der Waals surface area contributed by atoms with E-state index in [2.05, 4.69) is 0 Å². The fraction of sp³-hybridized carbons (Fsp3) is 0.500. The molecule has 8 heavy (non-hydrogen) atoms. The normalized spacial score (nSPS) is 12.9. The highest BCUT2D eigenvalue weighted by Crippen LogP contribution is 1.96. The maximum Gasteiger partial charge on any atom is 0.0329 e. The zero-order valence-corrected chi connectivity index (χ0v) is 5.58. The van der Waals surface area contributed by atoms with Gasteiger partial charge in [-0.15, -0.1) is 0 Å². The first-order chi connectivity index (χ1) is 3.55. The maximum atomic E-state index is 7.09. The smallest absolute Gasteiger partial charge is 0.0329 e. The second kappa shape index (κ2) is 2.50. The molecule has 0 rings (SSSR count). The Morgan fingerprint density at radius 3 is 1.62 bits per heavy atom. The molecular formula is C6H12N2. The van der Waals surface area contributed by atoms with Crippen LogP contribution in [0.15, 0.2) is 11.3 Å². The lowest BCUT2D eigenvalue weighted by atomic mass is 10.2. The fourth-order valence-corrected chi connectivity index (χ4v) is 0.296. The van der Waals surface area contributed by atoms with Gasteiger partial charge in [0.05, 0.1) is 0 Å². The molecule has 0 radical (unpaired) electrons. The van der Waals surface area contributed by atoms with Gasteiger partial charge in [-0.25, -0.2) is 0 Å². The molecule has 0 saturated heterocycles. The van der Waals surface area contributed by atoms with Crippen LogP contribution in [0.2, 0.25) is 0 Å². The number of nitrogens with two attached hydrogens (primary N) is 1. The Kier molecular flexibility index (Phi) is 2.25. The lowest BCUT2D eigenvalue weighted by Gasteiger charge is -1.97. The summed E-state index contributed by atoms with van der Waals surface area (Å²) in [5.41, 5.74) is 7.54. The van der Waals surface area contributed by atoms with E-state index in [1.807, 2.05) is 6.92 Å². The first-order valence-corrected chi connectivity index (χ1v) is 2.54. The molecule has 0 spiro atoms. The van der Waals surface area contributed by atoms with Crippen LogP contribution in [-0.2, 0) is 0 Å². The number of allylic oxidation sites excluding steroid dienone is 2. The molecule has 0 aromatic carbocycles. The average molecular weight is 112 g/mol. The molecule has 0 saturated carbocycles. The van der Waals surface area contributed by atoms with Gasteiger partial charge >= 0.3 is 0 Å². The van der Waals surface area contributed by atoms with E-state index in [1.165, 1.54) is 0 Å². The molecule has 3 N–H and O–H groups in total. The highest BCUT2D eigenvalue weighted by Gasteiger charge is 1.91. The van der Waals surface area contributed by atoms with Crippen LogP contribution >= 0.6 is 0 Å². The van der Waals surface area contributed by atoms with E-state index in [4.69, 9.17) is 11.1 Å². The quantitative estimate of drug-likeness (QED) is 0.493. The molecular weight excluding hydrogens is 100 g/mol. The van der Waals surface area contributed by atoms with Crippen molar-refractivity contribution in [2.24, 2.45) is 5.73 Å². The minimum absolute atomic E-state index is 0.546. The van der Waals surface area contributed by atoms with E-state index in [1.54, 1.807) is 13.8 Å². The molecule has 0 aromatic rings. The number of hydrogen-bond donors (Lipinski definition) is 2. The Bertz CT molecular complexity index is 129. The van der Waals surface area contributed by atoms with E-state index >= 15 is 0 Å². The van der Waals surface area contributed by atoms with E-state index < -0.39 is 0 Å². The monoisotopic (exact) mass is 112 g/mol. The van der Waals surface area contributed by atoms with Gasteiger partial charge in [0.25, 0.3) is 0 Å². The third-order valence-electron chi connectivity index (χ3n) is 1.15. The van der Waals surface area contributed by atoms with Gasteiger partial charge in [-0.1, -0.05) is 0 Å². The summed E-state index contributed by atoms with van der Waals surface area (Å²) < 4.78 is 0. The summed E-state index contributed by atoms with van der Waals surface area (Å²) in [5, 5.41) is 7.09. The number of rotatable bonds is 1. The van der Waals surface area contributed by atoms with Crippen LogP contribution in [0.4, 0.5) is 0 Å². The van der Waals surface area contributed by atoms with E-state index in [0.29, 0.717) is 5.71 Å². The first-order valence-electron chi connectivity index (χ1n) is 2.54. The van der Waals surface area contributed by atoms with E-state index in [-0.39, 0.29) is 0 Å². The van der Waals surface area contributed by atoms with Crippen molar-refractivity contribution in [2.75, 3.05) is 0 Å². The zero-order chi connectivity index (χ0) is 6.73. The second-order valence-electron chi connectivity index (χ2n) is 1.93. The molecule has 0 bridgehead atoms. The maximum absolute atomic E-state index is 7.09. The number of nitrogens with one attached hydrogen (secondary N) is 1. The van der Waals surface area contributed by atoms with Crippen LogP contribution in [0.25, 0.3) is 0 Å². The van der Waals surface area contributed by atoms with Gasteiger partial charge in [-0.3, -0.25) is 0 Å². The van der Waals surface area contributed by atoms with E-state index in [9.17, 15) is 0 Å². The highest BCUT2D eigenvalue weighted by atomic mass is 14.6. The molecule has 0 aliphatic rings. The summed E-state index contributed by atoms with van der Waals surface area (Å²) >= 11 is 0. The predicted molar refractivity (Wildman–Crippen MR) is 36.0 cm³/mol. The van der Waals surface area contributed by atoms with Crippen molar-refractivity contribution in [3.63, 3.8) is 0 Å². The predicted octanol–water partition coefficient (Wildman–Crippen LogP) is 1.28. The van der Waals surface area contributed by atoms with E-state index in [0.717, 1.165) is 11.3 Å². The van der Waals surface area contributed by atoms with Gasteiger partial charge < -0.3 is 11.1 Å². The Balaban J connectivity index is 4.23. The summed E-state index contributed by atoms with van der Waals surface area (Å²) in [5.74, 6) is 0. The van der Waals surface area contributed by atoms with Crippen molar-refractivity contribution in [1.82, 2.24) is 0 Å². The standard InChI is InChI=1S/C6H12N2/c1-4(5(2)7)6(3)8/h7H,8H2,1-3H3/b6-4-,7-5?. The van der Waals surface area contributed by atoms with Crippen LogP contribution in [0.1, 0.15) is 20.8 Å². The van der Waals surface area contributed by atoms with Crippen molar-refractivity contribution in [3.8, 4) is 0 Å². The zero-order valence-electron chi connectivity index (χ0n) is 5.58. The molecule has 46 valence electrons. The SMILES string of the molecule is CC(=N)/C(C)=C(/C)N. The van der Waals surface area contributed by atoms with Gasteiger partial charge in [0.15, 0.2) is 0 Å². The summed E-state index contributed by atoms with van der Waals surface area (Å²) in [6, 6.07) is 0. The molecule has 2 nitrogen and oxygen atoms in total. The van der Waals surface area contributed by atoms with Gasteiger partial charge in [-0.2, -0.15) is 0 Å². The van der Waals surface area contributed by atoms with Crippen LogP contribution in [-0.4, -0.2) is 5.71 Å². The summed E-state index contributed by atoms with van der Waals surface area (Å²) in [7, 11) is 0. The van der Waals surface area contributed by atoms with Crippen molar-refractivity contribution in [1.29, 1.82) is 5.41 Å². The van der Waals surface area contributed by atoms with Gasteiger partial charge in [0.1, 0.15) is 0 Å². The largest absolute Gasteiger partial charge is 0.402 e. The highest BCUT2D eigenvalue weighted by molar-refractivity contribution is 5.95. The molecule has 0 aromatic heterocycles. The van der Waals surface area contributed by atoms with Crippen LogP contribution in [0.5, 0.6) is 0 Å². The number of hydrogen-bond acceptors (Lipinski definition) is 2. The molecule has 0 unspecified atom stereocenters. The van der Waals surface area contributed by atoms with Gasteiger partial charge in [0, 0.05) is 11.4 Å². The summed E-state index contributed by atoms with van der Waals surface area (Å²) in [4.78, 5) is 0. The van der Waals surface area contributed by atoms with Gasteiger partial charge in [0.2, 0.25) is 0 Å². The third-order valence-corrected chi connectivity index (χ3v) is 1.15. The molecule has 0 heterocycles. The molecule has 0 amide bonds. The van der Waals surface area contributed by atoms with Crippen molar-refractivity contribution in [3.05, 3.63) is 11.3 Å². The van der Waals surface area contributed by atoms with Crippen LogP contribution in [0.3, 0.4) is 0 Å². The third kappa shape index (κ3) is 1.78. The Morgan fingerprint density at radius 2 is 1.62 bits per heavy atom. The van der Waals surface area contributed by atoms with Crippen molar-refractivity contribution < 1.29 is 0 Å². The summed E-state index contributed by atoms with van der Waals surface area (Å²) in [6.07, 6.45) is 0. The molecule has 0 fully saturated rings. The lowest BCUT2D eigenvalue weighted by molar-refractivity contribution is 1.24. The van der Waals surface area contributed by atoms with Gasteiger partial charge in [-0.05, 0) is 26.3 Å².